The van der Waals surface area contributed by atoms with E-state index in [1.54, 1.807) is 0 Å². The molecule has 2 nitrogen and oxygen atoms in total. The van der Waals surface area contributed by atoms with Crippen molar-refractivity contribution in [3.8, 4) is 0 Å². The Labute approximate surface area is 64.3 Å². The summed E-state index contributed by atoms with van der Waals surface area (Å²) >= 11 is 5.82. The van der Waals surface area contributed by atoms with Crippen molar-refractivity contribution in [2.75, 3.05) is 0 Å². The van der Waals surface area contributed by atoms with Crippen LogP contribution in [0.4, 0.5) is 0 Å². The van der Waals surface area contributed by atoms with Crippen molar-refractivity contribution in [1.29, 1.82) is 0 Å². The van der Waals surface area contributed by atoms with Crippen LogP contribution >= 0.6 is 11.6 Å². The van der Waals surface area contributed by atoms with E-state index in [1.165, 1.54) is 12.7 Å². The van der Waals surface area contributed by atoms with Crippen molar-refractivity contribution < 1.29 is 0 Å². The van der Waals surface area contributed by atoms with E-state index in [0.29, 0.717) is 5.15 Å². The molecule has 0 saturated carbocycles. The minimum atomic E-state index is 0.641. The number of halogens is 1. The summed E-state index contributed by atoms with van der Waals surface area (Å²) in [6.07, 6.45) is 4.83. The maximum absolute atomic E-state index is 5.82. The number of aryl methyl sites for hydroxylation is 1. The third kappa shape index (κ3) is 0.797. The Morgan fingerprint density at radius 3 is 3.00 bits per heavy atom. The summed E-state index contributed by atoms with van der Waals surface area (Å²) in [5.41, 5.74) is 2.30. The summed E-state index contributed by atoms with van der Waals surface area (Å²) in [4.78, 5) is 8.03. The molecule has 52 valence electrons. The molecule has 0 aromatic carbocycles. The number of fused-ring (bicyclic) bond motifs is 1. The van der Waals surface area contributed by atoms with E-state index in [-0.39, 0.29) is 0 Å². The zero-order valence-corrected chi connectivity index (χ0v) is 6.23. The van der Waals surface area contributed by atoms with Gasteiger partial charge < -0.3 is 0 Å². The molecule has 2 rings (SSSR count). The van der Waals surface area contributed by atoms with Crippen molar-refractivity contribution in [2.45, 2.75) is 19.3 Å². The van der Waals surface area contributed by atoms with Crippen LogP contribution in [-0.4, -0.2) is 9.97 Å². The van der Waals surface area contributed by atoms with Crippen LogP contribution in [-0.2, 0) is 12.8 Å². The number of hydrogen-bond donors (Lipinski definition) is 0. The summed E-state index contributed by atoms with van der Waals surface area (Å²) in [6.45, 7) is 0. The third-order valence-corrected chi connectivity index (χ3v) is 2.15. The minimum Gasteiger partial charge on any atom is -0.241 e. The quantitative estimate of drug-likeness (QED) is 0.531. The molecule has 1 heterocycles. The molecule has 0 aliphatic heterocycles. The molecule has 1 aromatic rings. The van der Waals surface area contributed by atoms with Gasteiger partial charge >= 0.3 is 0 Å². The number of aromatic nitrogens is 2. The van der Waals surface area contributed by atoms with Crippen molar-refractivity contribution in [3.05, 3.63) is 22.7 Å². The van der Waals surface area contributed by atoms with Gasteiger partial charge in [0, 0.05) is 11.3 Å². The molecule has 0 atom stereocenters. The molecule has 0 fully saturated rings. The SMILES string of the molecule is Clc1ncnc2c1CCC2. The number of hydrogen-bond acceptors (Lipinski definition) is 2. The van der Waals surface area contributed by atoms with Gasteiger partial charge in [-0.3, -0.25) is 0 Å². The predicted octanol–water partition coefficient (Wildman–Crippen LogP) is 1.62. The summed E-state index contributed by atoms with van der Waals surface area (Å²) in [7, 11) is 0. The minimum absolute atomic E-state index is 0.641. The van der Waals surface area contributed by atoms with E-state index >= 15 is 0 Å². The van der Waals surface area contributed by atoms with Gasteiger partial charge in [-0.25, -0.2) is 9.97 Å². The molecular formula is C7H7ClN2. The first-order valence-corrected chi connectivity index (χ1v) is 3.74. The maximum Gasteiger partial charge on any atom is 0.135 e. The van der Waals surface area contributed by atoms with Gasteiger partial charge in [-0.15, -0.1) is 0 Å². The van der Waals surface area contributed by atoms with Crippen LogP contribution in [0, 0.1) is 0 Å². The first-order chi connectivity index (χ1) is 4.88. The molecule has 1 aliphatic rings. The fraction of sp³-hybridized carbons (Fsp3) is 0.429. The van der Waals surface area contributed by atoms with Crippen LogP contribution in [0.25, 0.3) is 0 Å². The highest BCUT2D eigenvalue weighted by Gasteiger charge is 2.14. The van der Waals surface area contributed by atoms with Crippen molar-refractivity contribution in [3.63, 3.8) is 0 Å². The van der Waals surface area contributed by atoms with Crippen LogP contribution in [0.2, 0.25) is 5.15 Å². The van der Waals surface area contributed by atoms with Crippen LogP contribution < -0.4 is 0 Å². The van der Waals surface area contributed by atoms with Crippen molar-refractivity contribution in [1.82, 2.24) is 9.97 Å². The summed E-state index contributed by atoms with van der Waals surface area (Å²) in [6, 6.07) is 0. The Morgan fingerprint density at radius 1 is 1.30 bits per heavy atom. The Balaban J connectivity index is 2.59. The van der Waals surface area contributed by atoms with E-state index in [1.807, 2.05) is 0 Å². The lowest BCUT2D eigenvalue weighted by atomic mass is 10.3. The van der Waals surface area contributed by atoms with Gasteiger partial charge in [0.15, 0.2) is 0 Å². The first kappa shape index (κ1) is 6.10. The highest BCUT2D eigenvalue weighted by atomic mass is 35.5. The van der Waals surface area contributed by atoms with Gasteiger partial charge in [-0.1, -0.05) is 11.6 Å². The van der Waals surface area contributed by atoms with Gasteiger partial charge in [0.1, 0.15) is 11.5 Å². The van der Waals surface area contributed by atoms with E-state index in [4.69, 9.17) is 11.6 Å². The second-order valence-electron chi connectivity index (χ2n) is 2.44. The predicted molar refractivity (Wildman–Crippen MR) is 39.1 cm³/mol. The molecule has 3 heteroatoms. The lowest BCUT2D eigenvalue weighted by molar-refractivity contribution is 0.899. The van der Waals surface area contributed by atoms with E-state index in [0.717, 1.165) is 24.1 Å². The molecule has 1 aliphatic carbocycles. The fourth-order valence-electron chi connectivity index (χ4n) is 1.32. The van der Waals surface area contributed by atoms with Crippen LogP contribution in [0.5, 0.6) is 0 Å². The average Bonchev–Trinajstić information content (AvgIpc) is 2.36. The van der Waals surface area contributed by atoms with E-state index in [2.05, 4.69) is 9.97 Å². The first-order valence-electron chi connectivity index (χ1n) is 3.36. The Morgan fingerprint density at radius 2 is 2.20 bits per heavy atom. The smallest absolute Gasteiger partial charge is 0.135 e. The zero-order valence-electron chi connectivity index (χ0n) is 5.47. The largest absolute Gasteiger partial charge is 0.241 e. The van der Waals surface area contributed by atoms with Gasteiger partial charge in [0.25, 0.3) is 0 Å². The molecule has 1 aromatic heterocycles. The number of rotatable bonds is 0. The maximum atomic E-state index is 5.82. The van der Waals surface area contributed by atoms with E-state index in [9.17, 15) is 0 Å². The molecule has 0 N–H and O–H groups in total. The Bertz CT molecular complexity index is 260. The number of nitrogens with zero attached hydrogens (tertiary/aromatic N) is 2. The highest BCUT2D eigenvalue weighted by molar-refractivity contribution is 6.30. The lowest BCUT2D eigenvalue weighted by Gasteiger charge is -1.96. The van der Waals surface area contributed by atoms with Gasteiger partial charge in [-0.2, -0.15) is 0 Å². The summed E-state index contributed by atoms with van der Waals surface area (Å²) in [5.74, 6) is 0. The summed E-state index contributed by atoms with van der Waals surface area (Å²) < 4.78 is 0. The monoisotopic (exact) mass is 154 g/mol. The Hall–Kier alpha value is -0.630. The normalized spacial score (nSPS) is 15.3. The van der Waals surface area contributed by atoms with E-state index < -0.39 is 0 Å². The molecule has 0 spiro atoms. The third-order valence-electron chi connectivity index (χ3n) is 1.82. The standard InChI is InChI=1S/C7H7ClN2/c8-7-5-2-1-3-6(5)9-4-10-7/h4H,1-3H2. The van der Waals surface area contributed by atoms with Crippen LogP contribution in [0.15, 0.2) is 6.33 Å². The second-order valence-corrected chi connectivity index (χ2v) is 2.80. The molecule has 0 radical (unpaired) electrons. The zero-order chi connectivity index (χ0) is 6.97. The van der Waals surface area contributed by atoms with Gasteiger partial charge in [0.05, 0.1) is 0 Å². The average molecular weight is 155 g/mol. The molecular weight excluding hydrogens is 148 g/mol. The summed E-state index contributed by atoms with van der Waals surface area (Å²) in [5, 5.41) is 0.641. The fourth-order valence-corrected chi connectivity index (χ4v) is 1.57. The lowest BCUT2D eigenvalue weighted by Crippen LogP contribution is -1.90. The van der Waals surface area contributed by atoms with Gasteiger partial charge in [-0.05, 0) is 19.3 Å². The molecule has 0 bridgehead atoms. The topological polar surface area (TPSA) is 25.8 Å². The Kier molecular flexibility index (Phi) is 1.34. The van der Waals surface area contributed by atoms with Gasteiger partial charge in [0.2, 0.25) is 0 Å². The van der Waals surface area contributed by atoms with Crippen molar-refractivity contribution >= 4 is 11.6 Å². The van der Waals surface area contributed by atoms with Crippen LogP contribution in [0.1, 0.15) is 17.7 Å². The molecule has 0 unspecified atom stereocenters. The molecule has 0 saturated heterocycles. The second kappa shape index (κ2) is 2.20. The highest BCUT2D eigenvalue weighted by Crippen LogP contribution is 2.24. The van der Waals surface area contributed by atoms with Crippen LogP contribution in [0.3, 0.4) is 0 Å². The van der Waals surface area contributed by atoms with Crippen molar-refractivity contribution in [2.24, 2.45) is 0 Å². The molecule has 10 heavy (non-hydrogen) atoms. The molecule has 0 amide bonds.